The molecule has 8 heteroatoms. The molecule has 3 aliphatic rings. The van der Waals surface area contributed by atoms with Gasteiger partial charge in [-0.1, -0.05) is 0 Å². The fraction of sp³-hybridized carbons (Fsp3) is 0.565. The number of pyridine rings is 1. The molecule has 0 bridgehead atoms. The summed E-state index contributed by atoms with van der Waals surface area (Å²) < 4.78 is 7.57. The molecule has 31 heavy (non-hydrogen) atoms. The van der Waals surface area contributed by atoms with Crippen molar-refractivity contribution in [1.29, 1.82) is 0 Å². The number of nitrogens with zero attached hydrogens (tertiary/aromatic N) is 4. The summed E-state index contributed by atoms with van der Waals surface area (Å²) in [6, 6.07) is 2.20. The highest BCUT2D eigenvalue weighted by Crippen LogP contribution is 2.37. The van der Waals surface area contributed by atoms with Crippen LogP contribution in [-0.4, -0.2) is 63.2 Å². The molecular weight excluding hydrogens is 394 g/mol. The molecule has 1 saturated carbocycles. The molecule has 0 unspecified atom stereocenters. The highest BCUT2D eigenvalue weighted by molar-refractivity contribution is 5.95. The molecule has 4 heterocycles. The first-order chi connectivity index (χ1) is 15.0. The van der Waals surface area contributed by atoms with Gasteiger partial charge in [0.25, 0.3) is 11.5 Å². The molecule has 0 radical (unpaired) electrons. The molecule has 2 saturated heterocycles. The number of aromatic nitrogens is 3. The van der Waals surface area contributed by atoms with Crippen molar-refractivity contribution in [3.8, 4) is 0 Å². The van der Waals surface area contributed by atoms with Gasteiger partial charge in [0.1, 0.15) is 5.56 Å². The van der Waals surface area contributed by atoms with Crippen molar-refractivity contribution in [3.63, 3.8) is 0 Å². The Balaban J connectivity index is 1.28. The molecule has 0 spiro atoms. The van der Waals surface area contributed by atoms with Crippen LogP contribution >= 0.6 is 0 Å². The number of morpholine rings is 1. The number of amides is 1. The highest BCUT2D eigenvalue weighted by atomic mass is 16.5. The van der Waals surface area contributed by atoms with Crippen molar-refractivity contribution in [2.75, 3.05) is 19.7 Å². The molecule has 164 valence electrons. The number of rotatable bonds is 5. The summed E-state index contributed by atoms with van der Waals surface area (Å²) in [6.45, 7) is 6.47. The van der Waals surface area contributed by atoms with Crippen LogP contribution in [0.2, 0.25) is 0 Å². The fourth-order valence-corrected chi connectivity index (χ4v) is 4.76. The molecule has 2 aromatic rings. The minimum Gasteiger partial charge on any atom is -0.375 e. The zero-order valence-electron chi connectivity index (χ0n) is 18.1. The Labute approximate surface area is 181 Å². The first-order valence-corrected chi connectivity index (χ1v) is 11.1. The van der Waals surface area contributed by atoms with Crippen LogP contribution in [0.15, 0.2) is 29.5 Å². The molecule has 1 N–H and O–H groups in total. The van der Waals surface area contributed by atoms with Gasteiger partial charge in [-0.05, 0) is 50.7 Å². The Morgan fingerprint density at radius 1 is 1.23 bits per heavy atom. The average Bonchev–Trinajstić information content (AvgIpc) is 3.52. The fourth-order valence-electron chi connectivity index (χ4n) is 4.76. The molecular formula is C23H29N5O3. The number of hydrogen-bond acceptors (Lipinski definition) is 6. The Morgan fingerprint density at radius 2 is 2.06 bits per heavy atom. The summed E-state index contributed by atoms with van der Waals surface area (Å²) in [5, 5.41) is 3.11. The van der Waals surface area contributed by atoms with Gasteiger partial charge in [-0.15, -0.1) is 0 Å². The summed E-state index contributed by atoms with van der Waals surface area (Å²) in [5.41, 5.74) is 2.09. The molecule has 3 atom stereocenters. The zero-order chi connectivity index (χ0) is 21.5. The van der Waals surface area contributed by atoms with Gasteiger partial charge in [0, 0.05) is 37.6 Å². The van der Waals surface area contributed by atoms with E-state index in [2.05, 4.69) is 20.2 Å². The lowest BCUT2D eigenvalue weighted by Crippen LogP contribution is -2.47. The number of hydrogen-bond donors (Lipinski definition) is 1. The first-order valence-electron chi connectivity index (χ1n) is 11.1. The number of carbonyl (C=O) groups excluding carboxylic acids is 1. The second-order valence-corrected chi connectivity index (χ2v) is 9.18. The molecule has 0 aromatic carbocycles. The van der Waals surface area contributed by atoms with Crippen LogP contribution in [-0.2, 0) is 11.3 Å². The zero-order valence-corrected chi connectivity index (χ0v) is 18.1. The Morgan fingerprint density at radius 3 is 2.81 bits per heavy atom. The second kappa shape index (κ2) is 8.16. The van der Waals surface area contributed by atoms with Crippen LogP contribution in [0.5, 0.6) is 0 Å². The smallest absolute Gasteiger partial charge is 0.264 e. The van der Waals surface area contributed by atoms with Gasteiger partial charge in [-0.2, -0.15) is 0 Å². The molecule has 3 fully saturated rings. The summed E-state index contributed by atoms with van der Waals surface area (Å²) >= 11 is 0. The third kappa shape index (κ3) is 4.27. The van der Waals surface area contributed by atoms with E-state index in [0.29, 0.717) is 23.4 Å². The monoisotopic (exact) mass is 423 g/mol. The van der Waals surface area contributed by atoms with E-state index in [9.17, 15) is 9.59 Å². The van der Waals surface area contributed by atoms with Crippen LogP contribution in [0.25, 0.3) is 0 Å². The number of nitrogens with one attached hydrogen (secondary N) is 1. The molecule has 2 aromatic heterocycles. The summed E-state index contributed by atoms with van der Waals surface area (Å²) in [7, 11) is 0. The largest absolute Gasteiger partial charge is 0.375 e. The van der Waals surface area contributed by atoms with E-state index in [1.807, 2.05) is 13.0 Å². The standard InChI is InChI=1S/C23H29N5O3/c1-14-5-6-27(11-18-9-24-15(2)8-25-18)23(30)21(14)22(29)26-17-7-19-13-31-20(16-3-4-16)12-28(19)10-17/h5-6,8-9,16-17,19-20H,3-4,7,10-13H2,1-2H3,(H,26,29)/t17-,19-,20+/m0/s1. The topological polar surface area (TPSA) is 89.4 Å². The van der Waals surface area contributed by atoms with E-state index >= 15 is 0 Å². The van der Waals surface area contributed by atoms with Crippen molar-refractivity contribution in [3.05, 3.63) is 57.5 Å². The van der Waals surface area contributed by atoms with Crippen molar-refractivity contribution in [1.82, 2.24) is 24.8 Å². The Bertz CT molecular complexity index is 1030. The van der Waals surface area contributed by atoms with E-state index in [1.54, 1.807) is 25.5 Å². The summed E-state index contributed by atoms with van der Waals surface area (Å²) in [5.74, 6) is 0.426. The summed E-state index contributed by atoms with van der Waals surface area (Å²) in [4.78, 5) is 37.2. The van der Waals surface area contributed by atoms with Gasteiger partial charge in [0.15, 0.2) is 0 Å². The predicted molar refractivity (Wildman–Crippen MR) is 115 cm³/mol. The number of fused-ring (bicyclic) bond motifs is 1. The van der Waals surface area contributed by atoms with Crippen LogP contribution in [0.1, 0.15) is 46.6 Å². The first kappa shape index (κ1) is 20.3. The average molecular weight is 424 g/mol. The van der Waals surface area contributed by atoms with E-state index in [4.69, 9.17) is 4.74 Å². The van der Waals surface area contributed by atoms with Crippen LogP contribution < -0.4 is 10.9 Å². The van der Waals surface area contributed by atoms with Crippen LogP contribution in [0.4, 0.5) is 0 Å². The SMILES string of the molecule is Cc1cnc(Cn2ccc(C)c(C(=O)N[C@H]3C[C@H]4CO[C@@H](C5CC5)CN4C3)c2=O)cn1. The number of aryl methyl sites for hydroxylation is 2. The Hall–Kier alpha value is -2.58. The van der Waals surface area contributed by atoms with Gasteiger partial charge in [0.05, 0.1) is 36.8 Å². The maximum Gasteiger partial charge on any atom is 0.264 e. The highest BCUT2D eigenvalue weighted by Gasteiger charge is 2.42. The quantitative estimate of drug-likeness (QED) is 0.780. The molecule has 1 amide bonds. The maximum absolute atomic E-state index is 13.1. The van der Waals surface area contributed by atoms with Crippen molar-refractivity contribution in [2.45, 2.75) is 57.8 Å². The second-order valence-electron chi connectivity index (χ2n) is 9.18. The molecule has 5 rings (SSSR count). The van der Waals surface area contributed by atoms with Gasteiger partial charge in [0.2, 0.25) is 0 Å². The van der Waals surface area contributed by atoms with Crippen molar-refractivity contribution < 1.29 is 9.53 Å². The van der Waals surface area contributed by atoms with E-state index in [1.165, 1.54) is 17.4 Å². The van der Waals surface area contributed by atoms with Gasteiger partial charge < -0.3 is 14.6 Å². The predicted octanol–water partition coefficient (Wildman–Crippen LogP) is 1.28. The lowest BCUT2D eigenvalue weighted by molar-refractivity contribution is -0.0581. The lowest BCUT2D eigenvalue weighted by atomic mass is 10.1. The normalized spacial score (nSPS) is 25.9. The molecule has 1 aliphatic carbocycles. The number of carbonyl (C=O) groups is 1. The number of ether oxygens (including phenoxy) is 1. The molecule has 2 aliphatic heterocycles. The third-order valence-corrected chi connectivity index (χ3v) is 6.70. The van der Waals surface area contributed by atoms with Crippen LogP contribution in [0.3, 0.4) is 0 Å². The minimum absolute atomic E-state index is 0.0366. The Kier molecular flexibility index (Phi) is 5.35. The maximum atomic E-state index is 13.1. The van der Waals surface area contributed by atoms with Crippen LogP contribution in [0, 0.1) is 19.8 Å². The van der Waals surface area contributed by atoms with Gasteiger partial charge in [-0.3, -0.25) is 24.5 Å². The lowest BCUT2D eigenvalue weighted by Gasteiger charge is -2.35. The van der Waals surface area contributed by atoms with E-state index < -0.39 is 0 Å². The van der Waals surface area contributed by atoms with Crippen molar-refractivity contribution >= 4 is 5.91 Å². The minimum atomic E-state index is -0.298. The molecule has 8 nitrogen and oxygen atoms in total. The van der Waals surface area contributed by atoms with Gasteiger partial charge >= 0.3 is 0 Å². The third-order valence-electron chi connectivity index (χ3n) is 6.70. The summed E-state index contributed by atoms with van der Waals surface area (Å²) in [6.07, 6.45) is 8.80. The van der Waals surface area contributed by atoms with E-state index in [-0.39, 0.29) is 29.6 Å². The van der Waals surface area contributed by atoms with Gasteiger partial charge in [-0.25, -0.2) is 0 Å². The van der Waals surface area contributed by atoms with Crippen molar-refractivity contribution in [2.24, 2.45) is 5.92 Å². The van der Waals surface area contributed by atoms with E-state index in [0.717, 1.165) is 37.7 Å².